The molecule has 20 aromatic rings. The van der Waals surface area contributed by atoms with Crippen molar-refractivity contribution in [3.8, 4) is 165 Å². The molecule has 0 saturated carbocycles. The normalized spacial score (nSPS) is 11.7. The van der Waals surface area contributed by atoms with Crippen LogP contribution in [0.15, 0.2) is 346 Å². The number of alkyl halides is 6. The van der Waals surface area contributed by atoms with Crippen LogP contribution in [0.3, 0.4) is 0 Å². The van der Waals surface area contributed by atoms with Crippen LogP contribution in [-0.2, 0) is 12.4 Å². The molecule has 0 fully saturated rings. The van der Waals surface area contributed by atoms with Gasteiger partial charge in [-0.2, -0.15) is 31.6 Å². The van der Waals surface area contributed by atoms with Crippen LogP contribution in [0, 0.1) is 11.3 Å². The third kappa shape index (κ3) is 13.8. The molecule has 0 aliphatic carbocycles. The molecule has 0 aliphatic heterocycles. The Morgan fingerprint density at radius 3 is 0.625 bits per heavy atom. The minimum Gasteiger partial charge on any atom is -0.309 e. The van der Waals surface area contributed by atoms with Gasteiger partial charge >= 0.3 is 12.4 Å². The van der Waals surface area contributed by atoms with Gasteiger partial charge in [0.25, 0.3) is 0 Å². The van der Waals surface area contributed by atoms with Crippen molar-refractivity contribution >= 4 is 43.6 Å². The quantitative estimate of drug-likeness (QED) is 0.0883. The summed E-state index contributed by atoms with van der Waals surface area (Å²) in [5.74, 6) is 3.85. The Kier molecular flexibility index (Phi) is 18.1. The molecule has 0 N–H and O–H groups in total. The Hall–Kier alpha value is -16.2. The van der Waals surface area contributed by atoms with Gasteiger partial charge in [0.15, 0.2) is 69.9 Å². The van der Waals surface area contributed by atoms with Crippen LogP contribution in [0.25, 0.3) is 203 Å². The van der Waals surface area contributed by atoms with Gasteiger partial charge in [-0.05, 0) is 60.2 Å². The number of aromatic nitrogens is 14. The summed E-state index contributed by atoms with van der Waals surface area (Å²) in [5.41, 5.74) is 5.20. The number of fused-ring (bicyclic) bond motifs is 6. The predicted molar refractivity (Wildman–Crippen MR) is 454 cm³/mol. The summed E-state index contributed by atoms with van der Waals surface area (Å²) >= 11 is 0. The van der Waals surface area contributed by atoms with Crippen molar-refractivity contribution in [2.75, 3.05) is 0 Å². The molecule has 6 aromatic heterocycles. The van der Waals surface area contributed by atoms with E-state index < -0.39 is 29.0 Å². The number of nitrogens with zero attached hydrogens (tertiary/aromatic N) is 15. The lowest BCUT2D eigenvalue weighted by Crippen LogP contribution is -2.11. The summed E-state index contributed by atoms with van der Waals surface area (Å²) in [5, 5.41) is 14.8. The molecule has 570 valence electrons. The van der Waals surface area contributed by atoms with E-state index >= 15 is 26.3 Å². The zero-order chi connectivity index (χ0) is 81.2. The van der Waals surface area contributed by atoms with Crippen molar-refractivity contribution < 1.29 is 26.3 Å². The van der Waals surface area contributed by atoms with Gasteiger partial charge < -0.3 is 9.13 Å². The second kappa shape index (κ2) is 29.9. The average Bonchev–Trinajstić information content (AvgIpc) is 1.56. The zero-order valence-corrected chi connectivity index (χ0v) is 62.9. The lowest BCUT2D eigenvalue weighted by molar-refractivity contribution is -0.143. The van der Waals surface area contributed by atoms with E-state index in [2.05, 4.69) is 6.07 Å². The first-order chi connectivity index (χ1) is 58.6. The highest BCUT2D eigenvalue weighted by Gasteiger charge is 2.38. The van der Waals surface area contributed by atoms with Crippen LogP contribution in [0.4, 0.5) is 26.3 Å². The van der Waals surface area contributed by atoms with Crippen molar-refractivity contribution in [1.29, 1.82) is 5.26 Å². The Morgan fingerprint density at radius 1 is 0.208 bits per heavy atom. The average molecular weight is 1570 g/mol. The Balaban J connectivity index is 0.902. The molecule has 0 unspecified atom stereocenters. The smallest absolute Gasteiger partial charge is 0.309 e. The first kappa shape index (κ1) is 72.7. The summed E-state index contributed by atoms with van der Waals surface area (Å²) in [6, 6.07) is 105. The molecule has 0 aliphatic rings. The van der Waals surface area contributed by atoms with E-state index in [-0.39, 0.29) is 51.9 Å². The van der Waals surface area contributed by atoms with Crippen molar-refractivity contribution in [2.24, 2.45) is 0 Å². The van der Waals surface area contributed by atoms with Crippen molar-refractivity contribution in [3.63, 3.8) is 0 Å². The molecule has 0 spiro atoms. The summed E-state index contributed by atoms with van der Waals surface area (Å²) in [7, 11) is 0. The lowest BCUT2D eigenvalue weighted by Gasteiger charge is -2.21. The highest BCUT2D eigenvalue weighted by atomic mass is 19.4. The van der Waals surface area contributed by atoms with E-state index in [0.717, 1.165) is 0 Å². The molecule has 14 aromatic carbocycles. The minimum absolute atomic E-state index is 0.00507. The minimum atomic E-state index is -5.32. The van der Waals surface area contributed by atoms with Crippen LogP contribution >= 0.6 is 0 Å². The van der Waals surface area contributed by atoms with E-state index in [4.69, 9.17) is 59.8 Å². The first-order valence-corrected chi connectivity index (χ1v) is 38.2. The maximum absolute atomic E-state index is 15.9. The third-order valence-corrected chi connectivity index (χ3v) is 21.0. The number of hydrogen-bond acceptors (Lipinski definition) is 13. The second-order valence-corrected chi connectivity index (χ2v) is 28.5. The fraction of sp³-hybridized carbons (Fsp3) is 0.0202. The van der Waals surface area contributed by atoms with Crippen LogP contribution in [0.5, 0.6) is 0 Å². The van der Waals surface area contributed by atoms with E-state index in [1.54, 1.807) is 9.13 Å². The molecule has 0 bridgehead atoms. The largest absolute Gasteiger partial charge is 0.416 e. The fourth-order valence-electron chi connectivity index (χ4n) is 15.2. The summed E-state index contributed by atoms with van der Waals surface area (Å²) < 4.78 is 99.1. The van der Waals surface area contributed by atoms with Gasteiger partial charge in [-0.25, -0.2) is 59.8 Å². The van der Waals surface area contributed by atoms with E-state index in [0.29, 0.717) is 169 Å². The maximum atomic E-state index is 15.9. The zero-order valence-electron chi connectivity index (χ0n) is 62.9. The van der Waals surface area contributed by atoms with E-state index in [1.165, 1.54) is 12.1 Å². The van der Waals surface area contributed by atoms with Crippen molar-refractivity contribution in [3.05, 3.63) is 362 Å². The molecular formula is C99H57F6N15. The van der Waals surface area contributed by atoms with E-state index in [9.17, 15) is 5.26 Å². The molecule has 0 amide bonds. The van der Waals surface area contributed by atoms with Crippen LogP contribution < -0.4 is 0 Å². The maximum Gasteiger partial charge on any atom is 0.416 e. The second-order valence-electron chi connectivity index (χ2n) is 28.5. The highest BCUT2D eigenvalue weighted by molar-refractivity contribution is 6.13. The van der Waals surface area contributed by atoms with E-state index in [1.807, 2.05) is 315 Å². The lowest BCUT2D eigenvalue weighted by atomic mass is 9.95. The monoisotopic (exact) mass is 1570 g/mol. The molecule has 15 nitrogen and oxygen atoms in total. The van der Waals surface area contributed by atoms with Gasteiger partial charge in [-0.3, -0.25) is 0 Å². The van der Waals surface area contributed by atoms with Crippen LogP contribution in [-0.4, -0.2) is 68.9 Å². The van der Waals surface area contributed by atoms with Crippen molar-refractivity contribution in [2.45, 2.75) is 12.4 Å². The number of rotatable bonds is 15. The van der Waals surface area contributed by atoms with Gasteiger partial charge in [0.05, 0.1) is 50.1 Å². The number of nitriles is 1. The standard InChI is InChI=1S/C99H57F6N15/c100-98(101,102)73-49-71(50-74(56-73)99(103,104)105)79-57-80(119-81-51-67(94-111-86(59-25-9-1-10-26-59)107-87(112-94)60-27-11-2-12-28-60)41-45-75(81)76-46-42-68(52-82(76)119)95-113-88(61-29-13-3-14-30-61)108-89(114-95)62-31-15-4-16-32-62)72(58-106)55-85(79)120-83-53-69(96-115-90(63-33-17-5-18-34-63)109-91(116-96)64-35-19-6-20-36-64)43-47-77(83)78-48-44-70(54-84(78)120)97-117-92(65-37-21-7-22-38-65)110-93(118-97)66-39-23-8-24-40-66/h1-57H. The Labute approximate surface area is 680 Å². The molecule has 21 heteroatoms. The van der Waals surface area contributed by atoms with Gasteiger partial charge in [0, 0.05) is 93.9 Å². The Morgan fingerprint density at radius 2 is 0.417 bits per heavy atom. The number of hydrogen-bond donors (Lipinski definition) is 0. The SMILES string of the molecule is N#Cc1cc(-n2c3cc(-c4nc(-c5ccccc5)nc(-c5ccccc5)n4)ccc3c3ccc(-c4nc(-c5ccccc5)nc(-c5ccccc5)n4)cc32)c(-c2cc(C(F)(F)F)cc(C(F)(F)F)c2)cc1-n1c2cc(-c3nc(-c4ccccc4)nc(-c4ccccc4)n3)ccc2c2ccc(-c3nc(-c4ccccc4)nc(-c4ccccc4)n3)cc21. The number of halogens is 6. The molecule has 0 atom stereocenters. The number of benzene rings is 14. The van der Waals surface area contributed by atoms with Gasteiger partial charge in [0.2, 0.25) is 0 Å². The molecule has 6 heterocycles. The fourth-order valence-corrected chi connectivity index (χ4v) is 15.2. The van der Waals surface area contributed by atoms with Gasteiger partial charge in [-0.15, -0.1) is 0 Å². The van der Waals surface area contributed by atoms with Gasteiger partial charge in [-0.1, -0.05) is 291 Å². The van der Waals surface area contributed by atoms with Crippen molar-refractivity contribution in [1.82, 2.24) is 68.9 Å². The highest BCUT2D eigenvalue weighted by Crippen LogP contribution is 2.47. The molecular weight excluding hydrogens is 1510 g/mol. The topological polar surface area (TPSA) is 188 Å². The van der Waals surface area contributed by atoms with Crippen LogP contribution in [0.1, 0.15) is 16.7 Å². The molecule has 20 rings (SSSR count). The predicted octanol–water partition coefficient (Wildman–Crippen LogP) is 24.2. The van der Waals surface area contributed by atoms with Gasteiger partial charge in [0.1, 0.15) is 6.07 Å². The third-order valence-electron chi connectivity index (χ3n) is 21.0. The van der Waals surface area contributed by atoms with Crippen LogP contribution in [0.2, 0.25) is 0 Å². The Bertz CT molecular complexity index is 6790. The molecule has 0 saturated heterocycles. The summed E-state index contributed by atoms with van der Waals surface area (Å²) in [6.07, 6.45) is -10.6. The first-order valence-electron chi connectivity index (χ1n) is 38.2. The summed E-state index contributed by atoms with van der Waals surface area (Å²) in [6.45, 7) is 0. The molecule has 120 heavy (non-hydrogen) atoms. The summed E-state index contributed by atoms with van der Waals surface area (Å²) in [4.78, 5) is 60.9. The molecule has 0 radical (unpaired) electrons.